The van der Waals surface area contributed by atoms with Gasteiger partial charge in [0, 0.05) is 17.8 Å². The fraction of sp³-hybridized carbons (Fsp3) is 0.600. The van der Waals surface area contributed by atoms with Crippen molar-refractivity contribution >= 4 is 11.7 Å². The molecule has 0 spiro atoms. The van der Waals surface area contributed by atoms with E-state index in [2.05, 4.69) is 44.3 Å². The molecule has 3 nitrogen and oxygen atoms in total. The molecule has 3 rings (SSSR count). The van der Waals surface area contributed by atoms with Crippen LogP contribution in [0.15, 0.2) is 18.2 Å². The van der Waals surface area contributed by atoms with Crippen LogP contribution < -0.4 is 5.32 Å². The number of rotatable bonds is 3. The van der Waals surface area contributed by atoms with E-state index < -0.39 is 0 Å². The maximum atomic E-state index is 12.7. The Morgan fingerprint density at radius 2 is 1.83 bits per heavy atom. The summed E-state index contributed by atoms with van der Waals surface area (Å²) in [5, 5.41) is 3.19. The molecule has 0 radical (unpaired) electrons. The molecule has 3 unspecified atom stereocenters. The van der Waals surface area contributed by atoms with Gasteiger partial charge >= 0.3 is 0 Å². The minimum Gasteiger partial charge on any atom is -0.349 e. The molecular formula is C20H27NO2. The van der Waals surface area contributed by atoms with Crippen molar-refractivity contribution in [2.45, 2.75) is 58.9 Å². The first-order valence-corrected chi connectivity index (χ1v) is 8.87. The fourth-order valence-electron chi connectivity index (χ4n) is 4.33. The van der Waals surface area contributed by atoms with E-state index in [1.54, 1.807) is 0 Å². The zero-order valence-corrected chi connectivity index (χ0v) is 14.4. The lowest BCUT2D eigenvalue weighted by Crippen LogP contribution is -2.43. The fourth-order valence-corrected chi connectivity index (χ4v) is 4.33. The molecule has 124 valence electrons. The van der Waals surface area contributed by atoms with Crippen molar-refractivity contribution in [1.29, 1.82) is 0 Å². The summed E-state index contributed by atoms with van der Waals surface area (Å²) < 4.78 is 0. The van der Waals surface area contributed by atoms with Crippen LogP contribution in [-0.2, 0) is 9.59 Å². The third kappa shape index (κ3) is 3.34. The zero-order valence-electron chi connectivity index (χ0n) is 14.4. The largest absolute Gasteiger partial charge is 0.349 e. The van der Waals surface area contributed by atoms with Crippen LogP contribution in [0.3, 0.4) is 0 Å². The van der Waals surface area contributed by atoms with Crippen LogP contribution in [-0.4, -0.2) is 11.7 Å². The molecule has 3 atom stereocenters. The van der Waals surface area contributed by atoms with Gasteiger partial charge in [-0.1, -0.05) is 30.2 Å². The summed E-state index contributed by atoms with van der Waals surface area (Å²) >= 11 is 0. The van der Waals surface area contributed by atoms with Crippen molar-refractivity contribution in [3.8, 4) is 0 Å². The average Bonchev–Trinajstić information content (AvgIpc) is 2.49. The molecule has 2 bridgehead atoms. The first kappa shape index (κ1) is 16.2. The van der Waals surface area contributed by atoms with Crippen LogP contribution in [0.25, 0.3) is 0 Å². The van der Waals surface area contributed by atoms with Crippen molar-refractivity contribution < 1.29 is 9.59 Å². The Morgan fingerprint density at radius 1 is 1.17 bits per heavy atom. The van der Waals surface area contributed by atoms with Crippen LogP contribution in [0.1, 0.15) is 61.8 Å². The molecule has 0 saturated heterocycles. The van der Waals surface area contributed by atoms with Crippen LogP contribution >= 0.6 is 0 Å². The number of hydrogen-bond donors (Lipinski definition) is 1. The molecule has 0 aliphatic heterocycles. The van der Waals surface area contributed by atoms with Crippen LogP contribution in [0.5, 0.6) is 0 Å². The Bertz CT molecular complexity index is 606. The average molecular weight is 313 g/mol. The van der Waals surface area contributed by atoms with Gasteiger partial charge < -0.3 is 5.32 Å². The second kappa shape index (κ2) is 6.46. The minimum atomic E-state index is 0.00978. The second-order valence-electron chi connectivity index (χ2n) is 7.49. The van der Waals surface area contributed by atoms with Crippen LogP contribution in [0.4, 0.5) is 0 Å². The monoisotopic (exact) mass is 313 g/mol. The summed E-state index contributed by atoms with van der Waals surface area (Å²) in [5.74, 6) is 0.824. The topological polar surface area (TPSA) is 46.2 Å². The molecule has 2 fully saturated rings. The molecule has 1 amide bonds. The minimum absolute atomic E-state index is 0.00978. The molecule has 1 aromatic carbocycles. The number of nitrogens with one attached hydrogen (secondary N) is 1. The Hall–Kier alpha value is -1.64. The van der Waals surface area contributed by atoms with Crippen molar-refractivity contribution in [2.24, 2.45) is 17.8 Å². The van der Waals surface area contributed by atoms with E-state index in [1.165, 1.54) is 16.7 Å². The first-order valence-electron chi connectivity index (χ1n) is 8.87. The van der Waals surface area contributed by atoms with Gasteiger partial charge in [-0.3, -0.25) is 9.59 Å². The summed E-state index contributed by atoms with van der Waals surface area (Å²) in [5.41, 5.74) is 3.61. The van der Waals surface area contributed by atoms with Crippen LogP contribution in [0, 0.1) is 31.6 Å². The number of Topliss-reactive ketones (excluding diaryl/α,β-unsaturated/α-hetero) is 1. The summed E-state index contributed by atoms with van der Waals surface area (Å²) in [7, 11) is 0. The van der Waals surface area contributed by atoms with Gasteiger partial charge in [-0.25, -0.2) is 0 Å². The normalized spacial score (nSPS) is 28.3. The molecule has 0 aromatic heterocycles. The van der Waals surface area contributed by atoms with Crippen molar-refractivity contribution in [3.05, 3.63) is 34.9 Å². The lowest BCUT2D eigenvalue weighted by atomic mass is 9.67. The van der Waals surface area contributed by atoms with Gasteiger partial charge in [0.25, 0.3) is 0 Å². The number of fused-ring (bicyclic) bond motifs is 2. The third-order valence-corrected chi connectivity index (χ3v) is 5.68. The van der Waals surface area contributed by atoms with E-state index in [9.17, 15) is 9.59 Å². The van der Waals surface area contributed by atoms with Crippen molar-refractivity contribution in [3.63, 3.8) is 0 Å². The van der Waals surface area contributed by atoms with Gasteiger partial charge in [-0.2, -0.15) is 0 Å². The highest BCUT2D eigenvalue weighted by atomic mass is 16.2. The number of benzene rings is 1. The highest BCUT2D eigenvalue weighted by Gasteiger charge is 2.41. The van der Waals surface area contributed by atoms with Gasteiger partial charge in [0.15, 0.2) is 0 Å². The number of amides is 1. The Balaban J connectivity index is 1.67. The molecule has 2 saturated carbocycles. The lowest BCUT2D eigenvalue weighted by Gasteiger charge is -2.37. The maximum absolute atomic E-state index is 12.7. The number of carbonyl (C=O) groups is 2. The number of hydrogen-bond acceptors (Lipinski definition) is 2. The molecule has 3 heteroatoms. The predicted molar refractivity (Wildman–Crippen MR) is 91.0 cm³/mol. The SMILES string of the molecule is Cc1ccc(C)c(C(C)NC(=O)C2CC3CCCC(C2)C3=O)c1. The van der Waals surface area contributed by atoms with E-state index in [0.717, 1.165) is 32.1 Å². The van der Waals surface area contributed by atoms with E-state index in [0.29, 0.717) is 5.78 Å². The lowest BCUT2D eigenvalue weighted by molar-refractivity contribution is -0.137. The van der Waals surface area contributed by atoms with Crippen molar-refractivity contribution in [2.75, 3.05) is 0 Å². The highest BCUT2D eigenvalue weighted by Crippen LogP contribution is 2.40. The zero-order chi connectivity index (χ0) is 16.6. The summed E-state index contributed by atoms with van der Waals surface area (Å²) in [6.45, 7) is 6.21. The Morgan fingerprint density at radius 3 is 2.48 bits per heavy atom. The Kier molecular flexibility index (Phi) is 4.56. The molecule has 0 heterocycles. The summed E-state index contributed by atoms with van der Waals surface area (Å²) in [6.07, 6.45) is 4.60. The first-order chi connectivity index (χ1) is 11.0. The predicted octanol–water partition coefficient (Wildman–Crippen LogP) is 3.88. The maximum Gasteiger partial charge on any atom is 0.223 e. The quantitative estimate of drug-likeness (QED) is 0.920. The third-order valence-electron chi connectivity index (χ3n) is 5.68. The van der Waals surface area contributed by atoms with E-state index in [4.69, 9.17) is 0 Å². The van der Waals surface area contributed by atoms with Gasteiger partial charge in [-0.05, 0) is 57.6 Å². The van der Waals surface area contributed by atoms with Crippen LogP contribution in [0.2, 0.25) is 0 Å². The standard InChI is InChI=1S/C20H27NO2/c1-12-7-8-13(2)18(9-12)14(3)21-20(23)17-10-15-5-4-6-16(11-17)19(15)22/h7-9,14-17H,4-6,10-11H2,1-3H3,(H,21,23). The molecule has 2 aliphatic rings. The van der Waals surface area contributed by atoms with Gasteiger partial charge in [0.05, 0.1) is 6.04 Å². The highest BCUT2D eigenvalue weighted by molar-refractivity contribution is 5.88. The number of aryl methyl sites for hydroxylation is 2. The van der Waals surface area contributed by atoms with E-state index >= 15 is 0 Å². The molecule has 1 N–H and O–H groups in total. The summed E-state index contributed by atoms with van der Waals surface area (Å²) in [4.78, 5) is 24.9. The van der Waals surface area contributed by atoms with E-state index in [1.807, 2.05) is 0 Å². The second-order valence-corrected chi connectivity index (χ2v) is 7.49. The van der Waals surface area contributed by atoms with Gasteiger partial charge in [-0.15, -0.1) is 0 Å². The van der Waals surface area contributed by atoms with Gasteiger partial charge in [0.2, 0.25) is 5.91 Å². The number of carbonyl (C=O) groups excluding carboxylic acids is 2. The van der Waals surface area contributed by atoms with Gasteiger partial charge in [0.1, 0.15) is 5.78 Å². The van der Waals surface area contributed by atoms with Crippen molar-refractivity contribution in [1.82, 2.24) is 5.32 Å². The Labute approximate surface area is 138 Å². The molecule has 2 aliphatic carbocycles. The van der Waals surface area contributed by atoms with E-state index in [-0.39, 0.29) is 29.7 Å². The summed E-state index contributed by atoms with van der Waals surface area (Å²) in [6, 6.07) is 6.37. The number of ketones is 1. The molecule has 1 aromatic rings. The molecular weight excluding hydrogens is 286 g/mol. The molecule has 23 heavy (non-hydrogen) atoms. The smallest absolute Gasteiger partial charge is 0.223 e.